The van der Waals surface area contributed by atoms with Gasteiger partial charge in [0.05, 0.1) is 24.8 Å². The lowest BCUT2D eigenvalue weighted by atomic mass is 10.0. The van der Waals surface area contributed by atoms with E-state index in [9.17, 15) is 26.0 Å². The monoisotopic (exact) mass is 441 g/mol. The first-order valence-corrected chi connectivity index (χ1v) is 9.85. The number of nitrogens with one attached hydrogen (secondary N) is 1. The molecule has 1 N–H and O–H groups in total. The van der Waals surface area contributed by atoms with Gasteiger partial charge >= 0.3 is 0 Å². The van der Waals surface area contributed by atoms with Crippen LogP contribution in [0.15, 0.2) is 53.4 Å². The molecular weight excluding hydrogens is 426 g/mol. The molecular formula is C20H15F4NO4S. The molecule has 0 aliphatic carbocycles. The number of sulfonamides is 1. The Labute approximate surface area is 169 Å². The fraction of sp³-hybridized carbons (Fsp3) is 0.100. The maximum atomic E-state index is 14.7. The molecule has 0 saturated carbocycles. The third-order valence-electron chi connectivity index (χ3n) is 4.20. The summed E-state index contributed by atoms with van der Waals surface area (Å²) >= 11 is 0. The van der Waals surface area contributed by atoms with E-state index in [1.54, 1.807) is 6.07 Å². The van der Waals surface area contributed by atoms with Gasteiger partial charge in [0.1, 0.15) is 11.5 Å². The van der Waals surface area contributed by atoms with Crippen LogP contribution in [0, 0.1) is 23.3 Å². The highest BCUT2D eigenvalue weighted by molar-refractivity contribution is 7.92. The van der Waals surface area contributed by atoms with Gasteiger partial charge in [0.25, 0.3) is 10.0 Å². The number of methoxy groups -OCH3 is 2. The Bertz CT molecular complexity index is 1180. The molecule has 0 amide bonds. The van der Waals surface area contributed by atoms with Gasteiger partial charge in [-0.15, -0.1) is 0 Å². The van der Waals surface area contributed by atoms with Crippen molar-refractivity contribution in [2.45, 2.75) is 4.90 Å². The van der Waals surface area contributed by atoms with Crippen LogP contribution in [0.4, 0.5) is 23.2 Å². The normalized spacial score (nSPS) is 11.3. The highest BCUT2D eigenvalue weighted by Gasteiger charge is 2.29. The van der Waals surface area contributed by atoms with Crippen molar-refractivity contribution in [2.75, 3.05) is 18.9 Å². The van der Waals surface area contributed by atoms with E-state index < -0.39 is 44.5 Å². The van der Waals surface area contributed by atoms with Crippen LogP contribution in [0.1, 0.15) is 0 Å². The van der Waals surface area contributed by atoms with Crippen molar-refractivity contribution in [3.63, 3.8) is 0 Å². The van der Waals surface area contributed by atoms with E-state index in [0.717, 1.165) is 0 Å². The van der Waals surface area contributed by atoms with E-state index in [4.69, 9.17) is 9.47 Å². The summed E-state index contributed by atoms with van der Waals surface area (Å²) in [7, 11) is -1.87. The van der Waals surface area contributed by atoms with Crippen LogP contribution >= 0.6 is 0 Å². The summed E-state index contributed by atoms with van der Waals surface area (Å²) < 4.78 is 94.5. The van der Waals surface area contributed by atoms with Gasteiger partial charge in [-0.3, -0.25) is 4.72 Å². The Kier molecular flexibility index (Phi) is 5.88. The zero-order valence-electron chi connectivity index (χ0n) is 15.7. The van der Waals surface area contributed by atoms with E-state index in [-0.39, 0.29) is 22.0 Å². The molecule has 30 heavy (non-hydrogen) atoms. The second-order valence-electron chi connectivity index (χ2n) is 6.03. The minimum absolute atomic E-state index is 0.130. The molecule has 3 aromatic rings. The first-order chi connectivity index (χ1) is 14.2. The Morgan fingerprint density at radius 2 is 1.30 bits per heavy atom. The number of halogens is 4. The number of anilines is 1. The van der Waals surface area contributed by atoms with Crippen LogP contribution in [0.5, 0.6) is 11.5 Å². The van der Waals surface area contributed by atoms with Crippen molar-refractivity contribution >= 4 is 15.7 Å². The fourth-order valence-electron chi connectivity index (χ4n) is 2.74. The van der Waals surface area contributed by atoms with Gasteiger partial charge in [-0.05, 0) is 29.8 Å². The largest absolute Gasteiger partial charge is 0.497 e. The predicted molar refractivity (Wildman–Crippen MR) is 102 cm³/mol. The Morgan fingerprint density at radius 1 is 0.767 bits per heavy atom. The zero-order valence-corrected chi connectivity index (χ0v) is 16.5. The van der Waals surface area contributed by atoms with Crippen molar-refractivity contribution in [1.82, 2.24) is 0 Å². The summed E-state index contributed by atoms with van der Waals surface area (Å²) in [6.45, 7) is 0. The summed E-state index contributed by atoms with van der Waals surface area (Å²) in [6.07, 6.45) is 0. The smallest absolute Gasteiger partial charge is 0.262 e. The highest BCUT2D eigenvalue weighted by Crippen LogP contribution is 2.40. The van der Waals surface area contributed by atoms with Crippen molar-refractivity contribution in [1.29, 1.82) is 0 Å². The van der Waals surface area contributed by atoms with Crippen LogP contribution < -0.4 is 14.2 Å². The third kappa shape index (κ3) is 3.90. The molecule has 10 heteroatoms. The number of hydrogen-bond acceptors (Lipinski definition) is 4. The molecule has 0 fully saturated rings. The van der Waals surface area contributed by atoms with E-state index in [1.165, 1.54) is 56.7 Å². The van der Waals surface area contributed by atoms with E-state index >= 15 is 0 Å². The van der Waals surface area contributed by atoms with Crippen LogP contribution in [0.25, 0.3) is 11.1 Å². The maximum absolute atomic E-state index is 14.7. The molecule has 0 aromatic heterocycles. The summed E-state index contributed by atoms with van der Waals surface area (Å²) in [5, 5.41) is 0. The van der Waals surface area contributed by atoms with Crippen LogP contribution in [0.2, 0.25) is 0 Å². The van der Waals surface area contributed by atoms with Gasteiger partial charge in [0.2, 0.25) is 0 Å². The van der Waals surface area contributed by atoms with Gasteiger partial charge in [0, 0.05) is 11.6 Å². The van der Waals surface area contributed by atoms with Crippen molar-refractivity contribution in [3.05, 3.63) is 71.8 Å². The molecule has 0 spiro atoms. The molecule has 0 radical (unpaired) electrons. The van der Waals surface area contributed by atoms with Crippen LogP contribution in [-0.2, 0) is 10.0 Å². The Hall–Kier alpha value is -3.27. The lowest BCUT2D eigenvalue weighted by Crippen LogP contribution is -2.17. The van der Waals surface area contributed by atoms with E-state index in [0.29, 0.717) is 0 Å². The molecule has 0 unspecified atom stereocenters. The fourth-order valence-corrected chi connectivity index (χ4v) is 3.84. The predicted octanol–water partition coefficient (Wildman–Crippen LogP) is 4.73. The molecule has 3 rings (SSSR count). The van der Waals surface area contributed by atoms with E-state index in [2.05, 4.69) is 0 Å². The van der Waals surface area contributed by atoms with Gasteiger partial charge in [-0.25, -0.2) is 26.0 Å². The lowest BCUT2D eigenvalue weighted by molar-refractivity contribution is 0.394. The van der Waals surface area contributed by atoms with Gasteiger partial charge in [-0.2, -0.15) is 0 Å². The average Bonchev–Trinajstić information content (AvgIpc) is 2.76. The second kappa shape index (κ2) is 8.23. The third-order valence-corrected chi connectivity index (χ3v) is 5.56. The number of rotatable bonds is 6. The van der Waals surface area contributed by atoms with E-state index in [1.807, 2.05) is 4.72 Å². The molecule has 0 aliphatic heterocycles. The quantitative estimate of drug-likeness (QED) is 0.341. The van der Waals surface area contributed by atoms with Crippen molar-refractivity contribution in [2.24, 2.45) is 0 Å². The number of hydrogen-bond donors (Lipinski definition) is 1. The SMILES string of the molecule is COc1cc(OC)cc(-c2c(F)c(F)c(F)c(F)c2NS(=O)(=O)c2ccccc2)c1. The minimum Gasteiger partial charge on any atom is -0.497 e. The second-order valence-corrected chi connectivity index (χ2v) is 7.71. The van der Waals surface area contributed by atoms with Gasteiger partial charge in [0.15, 0.2) is 23.3 Å². The van der Waals surface area contributed by atoms with Crippen LogP contribution in [0.3, 0.4) is 0 Å². The molecule has 0 bridgehead atoms. The van der Waals surface area contributed by atoms with Crippen LogP contribution in [-0.4, -0.2) is 22.6 Å². The number of ether oxygens (including phenoxy) is 2. The van der Waals surface area contributed by atoms with Crippen molar-refractivity contribution < 1.29 is 35.5 Å². The summed E-state index contributed by atoms with van der Waals surface area (Å²) in [5.41, 5.74) is -2.14. The average molecular weight is 441 g/mol. The number of benzene rings is 3. The molecule has 158 valence electrons. The molecule has 0 heterocycles. The molecule has 0 atom stereocenters. The lowest BCUT2D eigenvalue weighted by Gasteiger charge is -2.17. The summed E-state index contributed by atoms with van der Waals surface area (Å²) in [4.78, 5) is -0.288. The minimum atomic E-state index is -4.45. The highest BCUT2D eigenvalue weighted by atomic mass is 32.2. The first-order valence-electron chi connectivity index (χ1n) is 8.36. The standard InChI is InChI=1S/C20H15F4NO4S/c1-28-12-8-11(9-13(10-12)29-2)15-16(21)17(22)18(23)19(24)20(15)25-30(26,27)14-6-4-3-5-7-14/h3-10,25H,1-2H3. The summed E-state index contributed by atoms with van der Waals surface area (Å²) in [6, 6.07) is 10.6. The zero-order chi connectivity index (χ0) is 22.1. The molecule has 3 aromatic carbocycles. The van der Waals surface area contributed by atoms with Crippen molar-refractivity contribution in [3.8, 4) is 22.6 Å². The summed E-state index contributed by atoms with van der Waals surface area (Å²) in [5.74, 6) is -7.67. The maximum Gasteiger partial charge on any atom is 0.262 e. The van der Waals surface area contributed by atoms with Gasteiger partial charge < -0.3 is 9.47 Å². The Balaban J connectivity index is 2.29. The molecule has 0 saturated heterocycles. The molecule has 0 aliphatic rings. The Morgan fingerprint density at radius 3 is 1.83 bits per heavy atom. The van der Waals surface area contributed by atoms with Gasteiger partial charge in [-0.1, -0.05) is 18.2 Å². The first kappa shape index (κ1) is 21.4. The molecule has 5 nitrogen and oxygen atoms in total. The topological polar surface area (TPSA) is 64.6 Å².